The molecule has 1 aromatic heterocycles. The third-order valence-corrected chi connectivity index (χ3v) is 5.00. The minimum atomic E-state index is -0.140. The number of benzene rings is 1. The highest BCUT2D eigenvalue weighted by Gasteiger charge is 2.32. The number of aryl methyl sites for hydroxylation is 1. The number of likely N-dealkylation sites (tertiary alicyclic amines) is 1. The van der Waals surface area contributed by atoms with Gasteiger partial charge in [-0.3, -0.25) is 4.79 Å². The van der Waals surface area contributed by atoms with Crippen LogP contribution in [0.4, 0.5) is 0 Å². The molecule has 2 aromatic rings. The van der Waals surface area contributed by atoms with E-state index in [0.29, 0.717) is 19.6 Å². The Kier molecular flexibility index (Phi) is 4.29. The SMILES string of the molecule is Cc1ccc2c(CC(=O)N3CCCC(C4OCCO4)C3)coc2c1. The molecule has 2 saturated heterocycles. The van der Waals surface area contributed by atoms with Gasteiger partial charge in [-0.05, 0) is 31.4 Å². The number of amides is 1. The average molecular weight is 329 g/mol. The third-order valence-electron chi connectivity index (χ3n) is 5.00. The monoisotopic (exact) mass is 329 g/mol. The van der Waals surface area contributed by atoms with Crippen LogP contribution in [0.3, 0.4) is 0 Å². The number of rotatable bonds is 3. The van der Waals surface area contributed by atoms with E-state index < -0.39 is 0 Å². The van der Waals surface area contributed by atoms with Crippen molar-refractivity contribution in [2.45, 2.75) is 32.5 Å². The second-order valence-electron chi connectivity index (χ2n) is 6.79. The molecule has 1 aromatic carbocycles. The first kappa shape index (κ1) is 15.7. The van der Waals surface area contributed by atoms with Crippen molar-refractivity contribution in [3.05, 3.63) is 35.6 Å². The first-order valence-corrected chi connectivity index (χ1v) is 8.68. The third kappa shape index (κ3) is 3.06. The van der Waals surface area contributed by atoms with Gasteiger partial charge in [0.1, 0.15) is 5.58 Å². The normalized spacial score (nSPS) is 22.4. The van der Waals surface area contributed by atoms with Crippen LogP contribution in [-0.4, -0.2) is 43.4 Å². The molecule has 0 saturated carbocycles. The van der Waals surface area contributed by atoms with E-state index >= 15 is 0 Å². The Bertz CT molecular complexity index is 732. The van der Waals surface area contributed by atoms with Gasteiger partial charge in [-0.1, -0.05) is 12.1 Å². The Labute approximate surface area is 141 Å². The quantitative estimate of drug-likeness (QED) is 0.869. The van der Waals surface area contributed by atoms with Gasteiger partial charge in [0.2, 0.25) is 5.91 Å². The van der Waals surface area contributed by atoms with Crippen molar-refractivity contribution in [1.29, 1.82) is 0 Å². The van der Waals surface area contributed by atoms with Crippen molar-refractivity contribution < 1.29 is 18.7 Å². The molecule has 0 spiro atoms. The second kappa shape index (κ2) is 6.57. The van der Waals surface area contributed by atoms with Crippen LogP contribution < -0.4 is 0 Å². The summed E-state index contributed by atoms with van der Waals surface area (Å²) in [5.74, 6) is 0.440. The van der Waals surface area contributed by atoms with Gasteiger partial charge in [-0.25, -0.2) is 0 Å². The number of hydrogen-bond acceptors (Lipinski definition) is 4. The Hall–Kier alpha value is -1.85. The van der Waals surface area contributed by atoms with Crippen LogP contribution in [0.15, 0.2) is 28.9 Å². The average Bonchev–Trinajstić information content (AvgIpc) is 3.25. The summed E-state index contributed by atoms with van der Waals surface area (Å²) < 4.78 is 16.8. The summed E-state index contributed by atoms with van der Waals surface area (Å²) in [5.41, 5.74) is 2.97. The molecule has 1 amide bonds. The number of piperidine rings is 1. The molecule has 2 aliphatic rings. The first-order valence-electron chi connectivity index (χ1n) is 8.68. The van der Waals surface area contributed by atoms with Crippen molar-refractivity contribution >= 4 is 16.9 Å². The second-order valence-corrected chi connectivity index (χ2v) is 6.79. The van der Waals surface area contributed by atoms with Crippen molar-refractivity contribution in [2.24, 2.45) is 5.92 Å². The Morgan fingerprint density at radius 3 is 2.96 bits per heavy atom. The topological polar surface area (TPSA) is 51.9 Å². The number of carbonyl (C=O) groups excluding carboxylic acids is 1. The fraction of sp³-hybridized carbons (Fsp3) is 0.526. The molecule has 0 aliphatic carbocycles. The highest BCUT2D eigenvalue weighted by molar-refractivity contribution is 5.88. The summed E-state index contributed by atoms with van der Waals surface area (Å²) in [4.78, 5) is 14.7. The minimum Gasteiger partial charge on any atom is -0.464 e. The summed E-state index contributed by atoms with van der Waals surface area (Å²) in [6, 6.07) is 6.10. The smallest absolute Gasteiger partial charge is 0.227 e. The van der Waals surface area contributed by atoms with E-state index in [0.717, 1.165) is 48.0 Å². The lowest BCUT2D eigenvalue weighted by Crippen LogP contribution is -2.44. The van der Waals surface area contributed by atoms with Gasteiger partial charge in [0, 0.05) is 30.0 Å². The van der Waals surface area contributed by atoms with Gasteiger partial charge in [-0.15, -0.1) is 0 Å². The number of fused-ring (bicyclic) bond motifs is 1. The summed E-state index contributed by atoms with van der Waals surface area (Å²) in [6.45, 7) is 4.90. The van der Waals surface area contributed by atoms with Crippen LogP contribution in [0.2, 0.25) is 0 Å². The highest BCUT2D eigenvalue weighted by atomic mass is 16.7. The van der Waals surface area contributed by atoms with Crippen molar-refractivity contribution in [3.8, 4) is 0 Å². The predicted molar refractivity (Wildman–Crippen MR) is 89.7 cm³/mol. The molecule has 5 heteroatoms. The molecule has 5 nitrogen and oxygen atoms in total. The zero-order chi connectivity index (χ0) is 16.5. The zero-order valence-corrected chi connectivity index (χ0v) is 14.0. The fourth-order valence-corrected chi connectivity index (χ4v) is 3.71. The first-order chi connectivity index (χ1) is 11.7. The van der Waals surface area contributed by atoms with E-state index in [-0.39, 0.29) is 18.1 Å². The van der Waals surface area contributed by atoms with E-state index in [2.05, 4.69) is 6.07 Å². The van der Waals surface area contributed by atoms with Crippen molar-refractivity contribution in [2.75, 3.05) is 26.3 Å². The van der Waals surface area contributed by atoms with Crippen LogP contribution in [-0.2, 0) is 20.7 Å². The largest absolute Gasteiger partial charge is 0.464 e. The number of ether oxygens (including phenoxy) is 2. The molecule has 24 heavy (non-hydrogen) atoms. The molecular formula is C19H23NO4. The number of furan rings is 1. The molecule has 0 N–H and O–H groups in total. The zero-order valence-electron chi connectivity index (χ0n) is 14.0. The van der Waals surface area contributed by atoms with Crippen LogP contribution >= 0.6 is 0 Å². The van der Waals surface area contributed by atoms with Crippen LogP contribution in [0.25, 0.3) is 11.0 Å². The van der Waals surface area contributed by atoms with Gasteiger partial charge in [0.15, 0.2) is 6.29 Å². The van der Waals surface area contributed by atoms with E-state index in [1.807, 2.05) is 24.0 Å². The Balaban J connectivity index is 1.44. The highest BCUT2D eigenvalue weighted by Crippen LogP contribution is 2.27. The number of nitrogens with zero attached hydrogens (tertiary/aromatic N) is 1. The summed E-state index contributed by atoms with van der Waals surface area (Å²) >= 11 is 0. The lowest BCUT2D eigenvalue weighted by Gasteiger charge is -2.34. The van der Waals surface area contributed by atoms with Gasteiger partial charge >= 0.3 is 0 Å². The molecule has 2 aliphatic heterocycles. The molecule has 3 heterocycles. The lowest BCUT2D eigenvalue weighted by atomic mass is 9.96. The molecule has 0 bridgehead atoms. The van der Waals surface area contributed by atoms with Crippen molar-refractivity contribution in [3.63, 3.8) is 0 Å². The van der Waals surface area contributed by atoms with E-state index in [1.54, 1.807) is 6.26 Å². The summed E-state index contributed by atoms with van der Waals surface area (Å²) in [7, 11) is 0. The van der Waals surface area contributed by atoms with Gasteiger partial charge in [-0.2, -0.15) is 0 Å². The fourth-order valence-electron chi connectivity index (χ4n) is 3.71. The Morgan fingerprint density at radius 1 is 1.29 bits per heavy atom. The minimum absolute atomic E-state index is 0.140. The molecule has 0 radical (unpaired) electrons. The standard InChI is InChI=1S/C19H23NO4/c1-13-4-5-16-15(12-24-17(16)9-13)10-18(21)20-6-2-3-14(11-20)19-22-7-8-23-19/h4-5,9,12,14,19H,2-3,6-8,10-11H2,1H3. The van der Waals surface area contributed by atoms with Crippen LogP contribution in [0.5, 0.6) is 0 Å². The summed E-state index contributed by atoms with van der Waals surface area (Å²) in [5, 5.41) is 1.03. The molecule has 128 valence electrons. The maximum Gasteiger partial charge on any atom is 0.227 e. The predicted octanol–water partition coefficient (Wildman–Crippen LogP) is 2.90. The van der Waals surface area contributed by atoms with Crippen LogP contribution in [0.1, 0.15) is 24.0 Å². The summed E-state index contributed by atoms with van der Waals surface area (Å²) in [6.07, 6.45) is 4.02. The molecule has 2 fully saturated rings. The van der Waals surface area contributed by atoms with Crippen LogP contribution in [0, 0.1) is 12.8 Å². The number of hydrogen-bond donors (Lipinski definition) is 0. The van der Waals surface area contributed by atoms with Gasteiger partial charge in [0.25, 0.3) is 0 Å². The lowest BCUT2D eigenvalue weighted by molar-refractivity contribution is -0.138. The number of carbonyl (C=O) groups is 1. The van der Waals surface area contributed by atoms with Gasteiger partial charge in [0.05, 0.1) is 25.9 Å². The molecule has 1 atom stereocenters. The Morgan fingerprint density at radius 2 is 2.12 bits per heavy atom. The van der Waals surface area contributed by atoms with Crippen molar-refractivity contribution in [1.82, 2.24) is 4.90 Å². The molecule has 1 unspecified atom stereocenters. The maximum atomic E-state index is 12.7. The van der Waals surface area contributed by atoms with Gasteiger partial charge < -0.3 is 18.8 Å². The van der Waals surface area contributed by atoms with E-state index in [4.69, 9.17) is 13.9 Å². The maximum absolute atomic E-state index is 12.7. The molecular weight excluding hydrogens is 306 g/mol. The van der Waals surface area contributed by atoms with E-state index in [1.165, 1.54) is 0 Å². The molecule has 4 rings (SSSR count). The van der Waals surface area contributed by atoms with E-state index in [9.17, 15) is 4.79 Å².